The molecule has 0 saturated carbocycles. The molecule has 0 bridgehead atoms. The summed E-state index contributed by atoms with van der Waals surface area (Å²) >= 11 is 1.42. The third-order valence-electron chi connectivity index (χ3n) is 9.51. The summed E-state index contributed by atoms with van der Waals surface area (Å²) in [6.45, 7) is 19.8. The highest BCUT2D eigenvalue weighted by Crippen LogP contribution is 2.41. The van der Waals surface area contributed by atoms with Crippen LogP contribution in [0.25, 0.3) is 0 Å². The zero-order chi connectivity index (χ0) is 38.2. The van der Waals surface area contributed by atoms with E-state index >= 15 is 0 Å². The molecule has 0 rings (SSSR count). The van der Waals surface area contributed by atoms with Crippen molar-refractivity contribution < 1.29 is 54.2 Å². The molecule has 0 saturated heterocycles. The molecule has 0 heterocycles. The van der Waals surface area contributed by atoms with Crippen LogP contribution < -0.4 is 0 Å². The average Bonchev–Trinajstić information content (AvgIpc) is 2.96. The second kappa shape index (κ2) is 22.5. The van der Waals surface area contributed by atoms with Crippen molar-refractivity contribution in [2.24, 2.45) is 0 Å². The van der Waals surface area contributed by atoms with E-state index < -0.39 is 54.1 Å². The van der Waals surface area contributed by atoms with E-state index in [1.165, 1.54) is 12.0 Å². The molecule has 0 aromatic heterocycles. The van der Waals surface area contributed by atoms with Crippen LogP contribution in [0, 0.1) is 0 Å². The van der Waals surface area contributed by atoms with Gasteiger partial charge in [0.15, 0.2) is 0 Å². The molecular weight excluding hydrogens is 733 g/mol. The summed E-state index contributed by atoms with van der Waals surface area (Å²) in [6.07, 6.45) is 1.72. The average molecular weight is 801 g/mol. The molecule has 49 heavy (non-hydrogen) atoms. The summed E-state index contributed by atoms with van der Waals surface area (Å²) in [4.78, 5) is 3.28. The molecule has 4 atom stereocenters. The van der Waals surface area contributed by atoms with E-state index in [0.29, 0.717) is 19.0 Å². The predicted molar refractivity (Wildman–Crippen MR) is 203 cm³/mol. The Hall–Kier alpha value is 0.284. The number of nitrogens with zero attached hydrogens (tertiary/aromatic N) is 2. The first-order valence-electron chi connectivity index (χ1n) is 17.1. The van der Waals surface area contributed by atoms with Crippen molar-refractivity contribution in [1.82, 2.24) is 9.80 Å². The van der Waals surface area contributed by atoms with Gasteiger partial charge in [-0.15, -0.1) is 0 Å². The van der Waals surface area contributed by atoms with Crippen LogP contribution in [0.5, 0.6) is 0 Å². The Kier molecular flexibility index (Phi) is 22.6. The van der Waals surface area contributed by atoms with E-state index in [-0.39, 0.29) is 56.1 Å². The second-order valence-corrected chi connectivity index (χ2v) is 28.1. The van der Waals surface area contributed by atoms with Crippen LogP contribution in [-0.4, -0.2) is 169 Å². The second-order valence-electron chi connectivity index (χ2n) is 14.6. The fourth-order valence-corrected chi connectivity index (χ4v) is 14.7. The summed E-state index contributed by atoms with van der Waals surface area (Å²) in [7, 11) is -9.06. The smallest absolute Gasteiger partial charge is 0.266 e. The van der Waals surface area contributed by atoms with Gasteiger partial charge in [-0.2, -0.15) is 16.8 Å². The lowest BCUT2D eigenvalue weighted by Gasteiger charge is -2.51. The van der Waals surface area contributed by atoms with Crippen molar-refractivity contribution in [2.45, 2.75) is 108 Å². The number of hydrogen-bond acceptors (Lipinski definition) is 13. The Morgan fingerprint density at radius 3 is 1.59 bits per heavy atom. The quantitative estimate of drug-likeness (QED) is 0.0358. The van der Waals surface area contributed by atoms with Crippen LogP contribution in [-0.2, 0) is 38.3 Å². The fourth-order valence-electron chi connectivity index (χ4n) is 5.21. The van der Waals surface area contributed by atoms with Gasteiger partial charge in [-0.05, 0) is 78.8 Å². The van der Waals surface area contributed by atoms with E-state index in [1.807, 2.05) is 0 Å². The maximum atomic E-state index is 10.9. The molecule has 0 radical (unpaired) electrons. The van der Waals surface area contributed by atoms with Crippen LogP contribution >= 0.6 is 12.0 Å². The summed E-state index contributed by atoms with van der Waals surface area (Å²) in [5.74, 6) is -0.0532. The van der Waals surface area contributed by atoms with Gasteiger partial charge in [0, 0.05) is 50.4 Å². The largest absolute Gasteiger partial charge is 0.412 e. The monoisotopic (exact) mass is 800 g/mol. The number of aliphatic hydroxyl groups excluding tert-OH is 2. The topological polar surface area (TPSA) is 193 Å². The van der Waals surface area contributed by atoms with Crippen molar-refractivity contribution >= 4 is 48.7 Å². The lowest BCUT2D eigenvalue weighted by molar-refractivity contribution is 0.0215. The number of hydrogen-bond donors (Lipinski definition) is 4. The number of ether oxygens (including phenoxy) is 2. The first kappa shape index (κ1) is 49.3. The minimum Gasteiger partial charge on any atom is -0.412 e. The lowest BCUT2D eigenvalue weighted by Crippen LogP contribution is -2.65. The third-order valence-corrected chi connectivity index (χ3v) is 21.1. The summed E-state index contributed by atoms with van der Waals surface area (Å²) in [5.41, 5.74) is 0. The minimum absolute atomic E-state index is 0.120. The van der Waals surface area contributed by atoms with Gasteiger partial charge in [-0.25, -0.2) is 0 Å². The van der Waals surface area contributed by atoms with Crippen LogP contribution in [0.1, 0.15) is 53.4 Å². The summed E-state index contributed by atoms with van der Waals surface area (Å²) in [6, 6.07) is 0.986. The van der Waals surface area contributed by atoms with Gasteiger partial charge in [0.2, 0.25) is 8.32 Å². The standard InChI is InChI=1S/C30H68N2O12S3Si2/c1-11-29(3,43-45-19-13-17-41-25-27(33)23-31(5)15-20-46(35,36)37)49(9,10)44-30(4,12-2)48(7,8)22-14-18-42-26-28(34)24-32(6)16-21-47(38,39)40/h27-28,33-34H,11-26H2,1-10H3,(H,35,36,37)(H,38,39,40)/t27?,28?,29-,30-/m1/s1. The molecule has 14 nitrogen and oxygen atoms in total. The van der Waals surface area contributed by atoms with Crippen LogP contribution in [0.3, 0.4) is 0 Å². The van der Waals surface area contributed by atoms with Gasteiger partial charge in [-0.1, -0.05) is 33.0 Å². The molecule has 0 aliphatic rings. The SMILES string of the molecule is CC[C@](C)(O[Si](C)(C)[C@](C)(CC)OSCCCOCC(O)CN(C)CCS(=O)(=O)O)[Si](C)(C)CCCOCC(O)CN(C)CCS(=O)(=O)O. The van der Waals surface area contributed by atoms with E-state index in [0.717, 1.165) is 31.7 Å². The first-order valence-corrected chi connectivity index (χ1v) is 27.4. The first-order chi connectivity index (χ1) is 22.3. The molecule has 0 aromatic rings. The van der Waals surface area contributed by atoms with Gasteiger partial charge in [0.1, 0.15) is 0 Å². The summed E-state index contributed by atoms with van der Waals surface area (Å²) < 4.78 is 86.4. The molecule has 0 spiro atoms. The van der Waals surface area contributed by atoms with Crippen LogP contribution in [0.15, 0.2) is 0 Å². The highest BCUT2D eigenvalue weighted by atomic mass is 32.2. The fraction of sp³-hybridized carbons (Fsp3) is 1.00. The molecule has 4 N–H and O–H groups in total. The molecule has 0 aromatic carbocycles. The highest BCUT2D eigenvalue weighted by molar-refractivity contribution is 7.94. The van der Waals surface area contributed by atoms with Gasteiger partial charge in [0.05, 0.1) is 50.2 Å². The normalized spacial score (nSPS) is 17.3. The Morgan fingerprint density at radius 2 is 1.18 bits per heavy atom. The maximum absolute atomic E-state index is 10.9. The predicted octanol–water partition coefficient (Wildman–Crippen LogP) is 3.17. The van der Waals surface area contributed by atoms with E-state index in [2.05, 4.69) is 53.9 Å². The maximum Gasteiger partial charge on any atom is 0.266 e. The van der Waals surface area contributed by atoms with Crippen LogP contribution in [0.2, 0.25) is 32.2 Å². The van der Waals surface area contributed by atoms with Crippen LogP contribution in [0.4, 0.5) is 0 Å². The molecular formula is C30H68N2O12S3Si2. The molecule has 0 aliphatic carbocycles. The highest BCUT2D eigenvalue weighted by Gasteiger charge is 2.53. The molecule has 296 valence electrons. The van der Waals surface area contributed by atoms with Crippen molar-refractivity contribution in [2.75, 3.05) is 84.0 Å². The molecule has 0 aliphatic heterocycles. The van der Waals surface area contributed by atoms with E-state index in [9.17, 15) is 27.0 Å². The van der Waals surface area contributed by atoms with Gasteiger partial charge >= 0.3 is 0 Å². The van der Waals surface area contributed by atoms with Gasteiger partial charge in [-0.3, -0.25) is 9.11 Å². The molecule has 2 unspecified atom stereocenters. The molecule has 0 fully saturated rings. The Morgan fingerprint density at radius 1 is 0.755 bits per heavy atom. The lowest BCUT2D eigenvalue weighted by atomic mass is 10.3. The van der Waals surface area contributed by atoms with Gasteiger partial charge < -0.3 is 38.1 Å². The zero-order valence-electron chi connectivity index (χ0n) is 31.6. The third kappa shape index (κ3) is 20.9. The number of rotatable bonds is 30. The Balaban J connectivity index is 4.75. The Labute approximate surface area is 303 Å². The van der Waals surface area contributed by atoms with E-state index in [4.69, 9.17) is 27.2 Å². The minimum atomic E-state index is -4.04. The van der Waals surface area contributed by atoms with Crippen molar-refractivity contribution in [1.29, 1.82) is 0 Å². The Bertz CT molecular complexity index is 1140. The van der Waals surface area contributed by atoms with Gasteiger partial charge in [0.25, 0.3) is 20.2 Å². The zero-order valence-corrected chi connectivity index (χ0v) is 36.1. The van der Waals surface area contributed by atoms with Crippen molar-refractivity contribution in [3.63, 3.8) is 0 Å². The molecule has 0 amide bonds. The number of likely N-dealkylation sites (N-methyl/N-ethyl adjacent to an activating group) is 2. The number of aliphatic hydroxyl groups is 2. The van der Waals surface area contributed by atoms with E-state index in [1.54, 1.807) is 23.9 Å². The molecule has 19 heteroatoms. The summed E-state index contributed by atoms with van der Waals surface area (Å²) in [5, 5.41) is 19.7. The van der Waals surface area contributed by atoms with Crippen molar-refractivity contribution in [3.05, 3.63) is 0 Å². The van der Waals surface area contributed by atoms with Crippen molar-refractivity contribution in [3.8, 4) is 0 Å².